The van der Waals surface area contributed by atoms with Crippen LogP contribution in [-0.4, -0.2) is 13.2 Å². The first-order valence-electron chi connectivity index (χ1n) is 7.78. The van der Waals surface area contributed by atoms with E-state index in [1.807, 2.05) is 30.3 Å². The maximum absolute atomic E-state index is 5.93. The second kappa shape index (κ2) is 8.21. The monoisotopic (exact) mass is 261 g/mol. The molecule has 1 aliphatic rings. The third-order valence-electron chi connectivity index (χ3n) is 4.35. The zero-order chi connectivity index (χ0) is 13.3. The Morgan fingerprint density at radius 3 is 2.47 bits per heavy atom. The van der Waals surface area contributed by atoms with Gasteiger partial charge in [-0.05, 0) is 49.8 Å². The van der Waals surface area contributed by atoms with Crippen LogP contribution in [0, 0.1) is 11.8 Å². The Balaban J connectivity index is 1.69. The number of rotatable bonds is 6. The quantitative estimate of drug-likeness (QED) is 0.620. The zero-order valence-corrected chi connectivity index (χ0v) is 11.9. The maximum atomic E-state index is 5.93. The van der Waals surface area contributed by atoms with Crippen molar-refractivity contribution in [2.24, 2.45) is 17.6 Å². The van der Waals surface area contributed by atoms with E-state index < -0.39 is 0 Å². The highest BCUT2D eigenvalue weighted by molar-refractivity contribution is 5.20. The first kappa shape index (κ1) is 14.4. The van der Waals surface area contributed by atoms with Crippen molar-refractivity contribution in [2.45, 2.75) is 44.9 Å². The van der Waals surface area contributed by atoms with Gasteiger partial charge in [0, 0.05) is 0 Å². The molecule has 1 fully saturated rings. The van der Waals surface area contributed by atoms with Crippen molar-refractivity contribution in [3.05, 3.63) is 30.3 Å². The molecule has 1 saturated carbocycles. The molecule has 1 aromatic carbocycles. The van der Waals surface area contributed by atoms with Crippen molar-refractivity contribution in [1.82, 2.24) is 0 Å². The lowest BCUT2D eigenvalue weighted by molar-refractivity contribution is 0.252. The Morgan fingerprint density at radius 2 is 1.74 bits per heavy atom. The predicted molar refractivity (Wildman–Crippen MR) is 80.3 cm³/mol. The number of hydrogen-bond acceptors (Lipinski definition) is 2. The number of benzene rings is 1. The molecular weight excluding hydrogens is 234 g/mol. The number of ether oxygens (including phenoxy) is 1. The van der Waals surface area contributed by atoms with Gasteiger partial charge in [-0.1, -0.05) is 43.9 Å². The molecule has 2 unspecified atom stereocenters. The van der Waals surface area contributed by atoms with Gasteiger partial charge in [-0.3, -0.25) is 0 Å². The topological polar surface area (TPSA) is 35.2 Å². The van der Waals surface area contributed by atoms with E-state index in [2.05, 4.69) is 0 Å². The molecule has 0 heterocycles. The normalized spacial score (nSPS) is 23.8. The molecule has 1 aromatic rings. The average molecular weight is 261 g/mol. The van der Waals surface area contributed by atoms with E-state index in [1.165, 1.54) is 38.5 Å². The first-order chi connectivity index (χ1) is 9.40. The molecule has 0 radical (unpaired) electrons. The van der Waals surface area contributed by atoms with Crippen molar-refractivity contribution >= 4 is 0 Å². The number of hydrogen-bond donors (Lipinski definition) is 1. The Hall–Kier alpha value is -1.02. The molecule has 0 spiro atoms. The van der Waals surface area contributed by atoms with Gasteiger partial charge in [-0.25, -0.2) is 0 Å². The van der Waals surface area contributed by atoms with Gasteiger partial charge in [0.15, 0.2) is 0 Å². The summed E-state index contributed by atoms with van der Waals surface area (Å²) in [5, 5.41) is 0. The molecular formula is C17H27NO. The van der Waals surface area contributed by atoms with Crippen LogP contribution in [0.25, 0.3) is 0 Å². The minimum absolute atomic E-state index is 0.749. The summed E-state index contributed by atoms with van der Waals surface area (Å²) in [6, 6.07) is 10.1. The fourth-order valence-corrected chi connectivity index (χ4v) is 3.20. The Labute approximate surface area is 117 Å². The lowest BCUT2D eigenvalue weighted by Gasteiger charge is -2.23. The van der Waals surface area contributed by atoms with E-state index in [-0.39, 0.29) is 0 Å². The van der Waals surface area contributed by atoms with Crippen LogP contribution in [0.2, 0.25) is 0 Å². The first-order valence-corrected chi connectivity index (χ1v) is 7.78. The summed E-state index contributed by atoms with van der Waals surface area (Å²) in [4.78, 5) is 0. The highest BCUT2D eigenvalue weighted by atomic mass is 16.5. The molecule has 19 heavy (non-hydrogen) atoms. The minimum Gasteiger partial charge on any atom is -0.494 e. The van der Waals surface area contributed by atoms with E-state index in [0.29, 0.717) is 0 Å². The highest BCUT2D eigenvalue weighted by Gasteiger charge is 2.21. The van der Waals surface area contributed by atoms with E-state index in [9.17, 15) is 0 Å². The molecule has 0 bridgehead atoms. The van der Waals surface area contributed by atoms with Gasteiger partial charge in [0.05, 0.1) is 6.61 Å². The highest BCUT2D eigenvalue weighted by Crippen LogP contribution is 2.31. The SMILES string of the molecule is NCC1CCCCCC1CCCOc1ccccc1. The van der Waals surface area contributed by atoms with Crippen molar-refractivity contribution in [3.63, 3.8) is 0 Å². The standard InChI is InChI=1S/C17H27NO/c18-14-16-9-4-1-3-8-15(16)10-7-13-19-17-11-5-2-6-12-17/h2,5-6,11-12,15-16H,1,3-4,7-10,13-14,18H2. The zero-order valence-electron chi connectivity index (χ0n) is 11.9. The van der Waals surface area contributed by atoms with Crippen molar-refractivity contribution in [3.8, 4) is 5.75 Å². The second-order valence-corrected chi connectivity index (χ2v) is 5.70. The third kappa shape index (κ3) is 4.87. The van der Waals surface area contributed by atoms with Crippen LogP contribution in [0.15, 0.2) is 30.3 Å². The molecule has 0 aliphatic heterocycles. The molecule has 2 heteroatoms. The van der Waals surface area contributed by atoms with E-state index in [4.69, 9.17) is 10.5 Å². The lowest BCUT2D eigenvalue weighted by Crippen LogP contribution is -2.23. The minimum atomic E-state index is 0.749. The summed E-state index contributed by atoms with van der Waals surface area (Å²) >= 11 is 0. The van der Waals surface area contributed by atoms with E-state index >= 15 is 0 Å². The van der Waals surface area contributed by atoms with Gasteiger partial charge in [0.1, 0.15) is 5.75 Å². The number of para-hydroxylation sites is 1. The van der Waals surface area contributed by atoms with Crippen LogP contribution in [0.4, 0.5) is 0 Å². The van der Waals surface area contributed by atoms with Gasteiger partial charge in [0.25, 0.3) is 0 Å². The summed E-state index contributed by atoms with van der Waals surface area (Å²) < 4.78 is 5.77. The molecule has 1 aliphatic carbocycles. The van der Waals surface area contributed by atoms with E-state index in [0.717, 1.165) is 37.2 Å². The van der Waals surface area contributed by atoms with Crippen LogP contribution in [0.3, 0.4) is 0 Å². The van der Waals surface area contributed by atoms with Crippen LogP contribution in [-0.2, 0) is 0 Å². The fraction of sp³-hybridized carbons (Fsp3) is 0.647. The van der Waals surface area contributed by atoms with Gasteiger partial charge in [0.2, 0.25) is 0 Å². The molecule has 2 atom stereocenters. The van der Waals surface area contributed by atoms with Gasteiger partial charge in [-0.2, -0.15) is 0 Å². The lowest BCUT2D eigenvalue weighted by atomic mass is 9.85. The van der Waals surface area contributed by atoms with Crippen molar-refractivity contribution in [2.75, 3.05) is 13.2 Å². The van der Waals surface area contributed by atoms with Crippen LogP contribution in [0.5, 0.6) is 5.75 Å². The molecule has 0 aromatic heterocycles. The van der Waals surface area contributed by atoms with E-state index in [1.54, 1.807) is 0 Å². The average Bonchev–Trinajstić information content (AvgIpc) is 2.69. The smallest absolute Gasteiger partial charge is 0.119 e. The summed E-state index contributed by atoms with van der Waals surface area (Å²) in [6.07, 6.45) is 9.28. The summed E-state index contributed by atoms with van der Waals surface area (Å²) in [5.74, 6) is 2.56. The Kier molecular flexibility index (Phi) is 6.22. The summed E-state index contributed by atoms with van der Waals surface area (Å²) in [7, 11) is 0. The number of nitrogens with two attached hydrogens (primary N) is 1. The van der Waals surface area contributed by atoms with Gasteiger partial charge >= 0.3 is 0 Å². The molecule has 106 valence electrons. The molecule has 2 rings (SSSR count). The van der Waals surface area contributed by atoms with Gasteiger partial charge < -0.3 is 10.5 Å². The largest absolute Gasteiger partial charge is 0.494 e. The van der Waals surface area contributed by atoms with Crippen LogP contribution < -0.4 is 10.5 Å². The summed E-state index contributed by atoms with van der Waals surface area (Å²) in [5.41, 5.74) is 5.93. The van der Waals surface area contributed by atoms with Crippen molar-refractivity contribution in [1.29, 1.82) is 0 Å². The molecule has 2 nitrogen and oxygen atoms in total. The second-order valence-electron chi connectivity index (χ2n) is 5.70. The predicted octanol–water partition coefficient (Wildman–Crippen LogP) is 4.00. The maximum Gasteiger partial charge on any atom is 0.119 e. The third-order valence-corrected chi connectivity index (χ3v) is 4.35. The molecule has 0 saturated heterocycles. The van der Waals surface area contributed by atoms with Crippen molar-refractivity contribution < 1.29 is 4.74 Å². The fourth-order valence-electron chi connectivity index (χ4n) is 3.20. The molecule has 2 N–H and O–H groups in total. The van der Waals surface area contributed by atoms with Gasteiger partial charge in [-0.15, -0.1) is 0 Å². The summed E-state index contributed by atoms with van der Waals surface area (Å²) in [6.45, 7) is 1.70. The van der Waals surface area contributed by atoms with Crippen LogP contribution in [0.1, 0.15) is 44.9 Å². The Morgan fingerprint density at radius 1 is 1.00 bits per heavy atom. The molecule has 0 amide bonds. The van der Waals surface area contributed by atoms with Crippen LogP contribution >= 0.6 is 0 Å². The Bertz CT molecular complexity index is 338.